The minimum absolute atomic E-state index is 0.872. The molecule has 0 spiro atoms. The second kappa shape index (κ2) is 5.56. The molecule has 0 aromatic heterocycles. The summed E-state index contributed by atoms with van der Waals surface area (Å²) in [4.78, 5) is 0. The maximum atomic E-state index is 5.29. The van der Waals surface area contributed by atoms with E-state index in [2.05, 4.69) is 11.2 Å². The Labute approximate surface area is 94.0 Å². The molecule has 0 bridgehead atoms. The van der Waals surface area contributed by atoms with Gasteiger partial charge in [0.05, 0.1) is 0 Å². The van der Waals surface area contributed by atoms with E-state index in [1.807, 2.05) is 0 Å². The van der Waals surface area contributed by atoms with E-state index >= 15 is 0 Å². The highest BCUT2D eigenvalue weighted by atomic mass is 14.9. The van der Waals surface area contributed by atoms with Crippen molar-refractivity contribution in [2.24, 2.45) is 11.8 Å². The third-order valence-electron chi connectivity index (χ3n) is 3.96. The first kappa shape index (κ1) is 11.0. The van der Waals surface area contributed by atoms with Crippen LogP contribution in [0.25, 0.3) is 0 Å². The van der Waals surface area contributed by atoms with Crippen LogP contribution in [0.1, 0.15) is 51.4 Å². The van der Waals surface area contributed by atoms with Gasteiger partial charge in [0, 0.05) is 12.5 Å². The normalized spacial score (nSPS) is 30.3. The molecule has 2 rings (SSSR count). The minimum atomic E-state index is 0.872. The first-order valence-corrected chi connectivity index (χ1v) is 6.57. The van der Waals surface area contributed by atoms with Crippen LogP contribution in [0.4, 0.5) is 0 Å². The predicted octanol–water partition coefficient (Wildman–Crippen LogP) is 2.96. The number of rotatable bonds is 6. The number of hydrogen-bond acceptors (Lipinski definition) is 1. The number of nitrogens with one attached hydrogen (secondary N) is 1. The van der Waals surface area contributed by atoms with Crippen molar-refractivity contribution in [2.75, 3.05) is 6.54 Å². The molecule has 0 amide bonds. The van der Waals surface area contributed by atoms with Gasteiger partial charge in [-0.3, -0.25) is 0 Å². The molecule has 0 aromatic carbocycles. The van der Waals surface area contributed by atoms with Crippen molar-refractivity contribution in [3.8, 4) is 12.3 Å². The van der Waals surface area contributed by atoms with Gasteiger partial charge in [-0.25, -0.2) is 0 Å². The summed E-state index contributed by atoms with van der Waals surface area (Å²) < 4.78 is 0. The van der Waals surface area contributed by atoms with Gasteiger partial charge >= 0.3 is 0 Å². The minimum Gasteiger partial charge on any atom is -0.314 e. The summed E-state index contributed by atoms with van der Waals surface area (Å²) >= 11 is 0. The van der Waals surface area contributed by atoms with E-state index in [0.29, 0.717) is 0 Å². The van der Waals surface area contributed by atoms with Crippen molar-refractivity contribution in [3.05, 3.63) is 0 Å². The van der Waals surface area contributed by atoms with E-state index in [0.717, 1.165) is 24.3 Å². The average molecular weight is 205 g/mol. The van der Waals surface area contributed by atoms with Gasteiger partial charge in [0.2, 0.25) is 0 Å². The lowest BCUT2D eigenvalue weighted by Crippen LogP contribution is -2.26. The number of terminal acetylenes is 1. The fourth-order valence-corrected chi connectivity index (χ4v) is 2.83. The first-order valence-electron chi connectivity index (χ1n) is 6.57. The molecule has 1 N–H and O–H groups in total. The van der Waals surface area contributed by atoms with Crippen molar-refractivity contribution in [1.29, 1.82) is 0 Å². The first-order chi connectivity index (χ1) is 7.40. The smallest absolute Gasteiger partial charge is 0.00861 e. The van der Waals surface area contributed by atoms with Crippen LogP contribution in [-0.2, 0) is 0 Å². The highest BCUT2D eigenvalue weighted by molar-refractivity contribution is 4.87. The van der Waals surface area contributed by atoms with Crippen molar-refractivity contribution in [3.63, 3.8) is 0 Å². The van der Waals surface area contributed by atoms with Crippen molar-refractivity contribution in [2.45, 2.75) is 57.4 Å². The van der Waals surface area contributed by atoms with Gasteiger partial charge in [-0.05, 0) is 50.5 Å². The summed E-state index contributed by atoms with van der Waals surface area (Å²) in [6, 6.07) is 0.872. The molecule has 2 fully saturated rings. The van der Waals surface area contributed by atoms with Gasteiger partial charge in [-0.2, -0.15) is 0 Å². The molecule has 15 heavy (non-hydrogen) atoms. The summed E-state index contributed by atoms with van der Waals surface area (Å²) in [5.41, 5.74) is 0. The SMILES string of the molecule is C#CCCCC1CCCC1CNC1CC1. The van der Waals surface area contributed by atoms with E-state index in [-0.39, 0.29) is 0 Å². The van der Waals surface area contributed by atoms with Gasteiger partial charge < -0.3 is 5.32 Å². The van der Waals surface area contributed by atoms with Gasteiger partial charge in [0.25, 0.3) is 0 Å². The summed E-state index contributed by atoms with van der Waals surface area (Å²) in [5.74, 6) is 4.66. The van der Waals surface area contributed by atoms with Gasteiger partial charge in [0.15, 0.2) is 0 Å². The molecule has 0 aromatic rings. The quantitative estimate of drug-likeness (QED) is 0.519. The van der Waals surface area contributed by atoms with Crippen molar-refractivity contribution < 1.29 is 0 Å². The lowest BCUT2D eigenvalue weighted by molar-refractivity contribution is 0.341. The molecule has 2 aliphatic carbocycles. The Morgan fingerprint density at radius 1 is 1.13 bits per heavy atom. The van der Waals surface area contributed by atoms with Crippen LogP contribution in [0.5, 0.6) is 0 Å². The second-order valence-corrected chi connectivity index (χ2v) is 5.23. The van der Waals surface area contributed by atoms with E-state index in [1.165, 1.54) is 51.5 Å². The fourth-order valence-electron chi connectivity index (χ4n) is 2.83. The van der Waals surface area contributed by atoms with Crippen LogP contribution in [0.15, 0.2) is 0 Å². The topological polar surface area (TPSA) is 12.0 Å². The van der Waals surface area contributed by atoms with Crippen LogP contribution in [-0.4, -0.2) is 12.6 Å². The molecule has 0 radical (unpaired) electrons. The van der Waals surface area contributed by atoms with Gasteiger partial charge in [-0.15, -0.1) is 12.3 Å². The fraction of sp³-hybridized carbons (Fsp3) is 0.857. The Kier molecular flexibility index (Phi) is 4.09. The maximum absolute atomic E-state index is 5.29. The molecule has 2 saturated carbocycles. The molecule has 0 heterocycles. The third-order valence-corrected chi connectivity index (χ3v) is 3.96. The maximum Gasteiger partial charge on any atom is 0.00861 e. The zero-order valence-corrected chi connectivity index (χ0v) is 9.67. The highest BCUT2D eigenvalue weighted by Crippen LogP contribution is 2.35. The highest BCUT2D eigenvalue weighted by Gasteiger charge is 2.28. The molecule has 2 unspecified atom stereocenters. The molecule has 1 heteroatoms. The Balaban J connectivity index is 1.64. The monoisotopic (exact) mass is 205 g/mol. The Bertz CT molecular complexity index is 224. The van der Waals surface area contributed by atoms with Crippen LogP contribution in [0.3, 0.4) is 0 Å². The summed E-state index contributed by atoms with van der Waals surface area (Å²) in [6.07, 6.45) is 16.0. The Hall–Kier alpha value is -0.480. The van der Waals surface area contributed by atoms with Crippen molar-refractivity contribution >= 4 is 0 Å². The number of hydrogen-bond donors (Lipinski definition) is 1. The lowest BCUT2D eigenvalue weighted by Gasteiger charge is -2.19. The molecule has 2 atom stereocenters. The molecule has 2 aliphatic rings. The summed E-state index contributed by atoms with van der Waals surface area (Å²) in [5, 5.41) is 3.68. The summed E-state index contributed by atoms with van der Waals surface area (Å²) in [7, 11) is 0. The molecule has 84 valence electrons. The average Bonchev–Trinajstić information content (AvgIpc) is 2.97. The van der Waals surface area contributed by atoms with Gasteiger partial charge in [0.1, 0.15) is 0 Å². The largest absolute Gasteiger partial charge is 0.314 e. The number of unbranched alkanes of at least 4 members (excludes halogenated alkanes) is 1. The second-order valence-electron chi connectivity index (χ2n) is 5.23. The molecule has 0 saturated heterocycles. The lowest BCUT2D eigenvalue weighted by atomic mass is 9.91. The standard InChI is InChI=1S/C14H23N/c1-2-3-4-6-12-7-5-8-13(12)11-15-14-9-10-14/h1,12-15H,3-11H2. The van der Waals surface area contributed by atoms with E-state index < -0.39 is 0 Å². The predicted molar refractivity (Wildman–Crippen MR) is 64.5 cm³/mol. The van der Waals surface area contributed by atoms with Crippen LogP contribution in [0, 0.1) is 24.2 Å². The van der Waals surface area contributed by atoms with Crippen LogP contribution < -0.4 is 5.32 Å². The Morgan fingerprint density at radius 2 is 1.93 bits per heavy atom. The molecule has 1 nitrogen and oxygen atoms in total. The van der Waals surface area contributed by atoms with E-state index in [1.54, 1.807) is 0 Å². The van der Waals surface area contributed by atoms with Crippen LogP contribution >= 0.6 is 0 Å². The molecular weight excluding hydrogens is 182 g/mol. The zero-order chi connectivity index (χ0) is 10.5. The van der Waals surface area contributed by atoms with E-state index in [4.69, 9.17) is 6.42 Å². The van der Waals surface area contributed by atoms with Gasteiger partial charge in [-0.1, -0.05) is 12.8 Å². The van der Waals surface area contributed by atoms with Crippen molar-refractivity contribution in [1.82, 2.24) is 5.32 Å². The summed E-state index contributed by atoms with van der Waals surface area (Å²) in [6.45, 7) is 1.27. The third kappa shape index (κ3) is 3.54. The molecular formula is C14H23N. The van der Waals surface area contributed by atoms with Crippen LogP contribution in [0.2, 0.25) is 0 Å². The van der Waals surface area contributed by atoms with E-state index in [9.17, 15) is 0 Å². The molecule has 0 aliphatic heterocycles. The Morgan fingerprint density at radius 3 is 2.67 bits per heavy atom. The zero-order valence-electron chi connectivity index (χ0n) is 9.67.